The van der Waals surface area contributed by atoms with Gasteiger partial charge in [-0.05, 0) is 26.0 Å². The minimum absolute atomic E-state index is 0.0572. The summed E-state index contributed by atoms with van der Waals surface area (Å²) in [6, 6.07) is 4.12. The first-order chi connectivity index (χ1) is 9.63. The van der Waals surface area contributed by atoms with Gasteiger partial charge in [-0.25, -0.2) is 4.79 Å². The van der Waals surface area contributed by atoms with Gasteiger partial charge in [0, 0.05) is 37.9 Å². The maximum absolute atomic E-state index is 12.2. The Morgan fingerprint density at radius 2 is 2.25 bits per heavy atom. The van der Waals surface area contributed by atoms with Gasteiger partial charge in [-0.1, -0.05) is 0 Å². The minimum atomic E-state index is -0.471. The van der Waals surface area contributed by atoms with Crippen molar-refractivity contribution in [1.82, 2.24) is 14.8 Å². The summed E-state index contributed by atoms with van der Waals surface area (Å²) in [7, 11) is 0. The summed E-state index contributed by atoms with van der Waals surface area (Å²) in [5.74, 6) is 0.0572. The number of rotatable bonds is 4. The van der Waals surface area contributed by atoms with E-state index in [0.717, 1.165) is 12.2 Å². The average Bonchev–Trinajstić information content (AvgIpc) is 2.88. The molecule has 0 aromatic carbocycles. The molecule has 2 heterocycles. The predicted molar refractivity (Wildman–Crippen MR) is 74.2 cm³/mol. The van der Waals surface area contributed by atoms with Gasteiger partial charge in [-0.2, -0.15) is 0 Å². The van der Waals surface area contributed by atoms with E-state index in [1.807, 2.05) is 30.2 Å². The molecule has 2 rings (SSSR count). The zero-order valence-electron chi connectivity index (χ0n) is 12.0. The van der Waals surface area contributed by atoms with Gasteiger partial charge in [0.1, 0.15) is 0 Å². The summed E-state index contributed by atoms with van der Waals surface area (Å²) >= 11 is 0. The second-order valence-corrected chi connectivity index (χ2v) is 4.79. The normalized spacial score (nSPS) is 17.5. The number of amides is 2. The molecule has 0 spiro atoms. The molecule has 110 valence electrons. The van der Waals surface area contributed by atoms with Crippen molar-refractivity contribution in [2.24, 2.45) is 0 Å². The Kier molecular flexibility index (Phi) is 4.65. The Morgan fingerprint density at radius 3 is 3.00 bits per heavy atom. The van der Waals surface area contributed by atoms with E-state index < -0.39 is 6.09 Å². The average molecular weight is 279 g/mol. The van der Waals surface area contributed by atoms with Crippen molar-refractivity contribution in [3.05, 3.63) is 24.0 Å². The van der Waals surface area contributed by atoms with Gasteiger partial charge in [0.05, 0.1) is 12.6 Å². The monoisotopic (exact) mass is 279 g/mol. The molecule has 1 atom stereocenters. The third-order valence-electron chi connectivity index (χ3n) is 3.55. The van der Waals surface area contributed by atoms with Crippen LogP contribution in [0.5, 0.6) is 0 Å². The molecule has 0 saturated heterocycles. The van der Waals surface area contributed by atoms with Gasteiger partial charge in [0.2, 0.25) is 5.91 Å². The second kappa shape index (κ2) is 6.45. The van der Waals surface area contributed by atoms with E-state index in [9.17, 15) is 9.59 Å². The first kappa shape index (κ1) is 14.4. The van der Waals surface area contributed by atoms with Gasteiger partial charge in [-0.15, -0.1) is 0 Å². The van der Waals surface area contributed by atoms with E-state index in [1.54, 1.807) is 6.92 Å². The Balaban J connectivity index is 1.83. The Bertz CT molecular complexity index is 484. The number of nitrogens with zero attached hydrogens (tertiary/aromatic N) is 2. The fourth-order valence-corrected chi connectivity index (χ4v) is 2.52. The lowest BCUT2D eigenvalue weighted by Crippen LogP contribution is -2.42. The van der Waals surface area contributed by atoms with Crippen LogP contribution in [-0.4, -0.2) is 41.2 Å². The lowest BCUT2D eigenvalue weighted by atomic mass is 10.1. The van der Waals surface area contributed by atoms with E-state index in [1.165, 1.54) is 0 Å². The lowest BCUT2D eigenvalue weighted by molar-refractivity contribution is -0.134. The van der Waals surface area contributed by atoms with Crippen LogP contribution in [0, 0.1) is 0 Å². The van der Waals surface area contributed by atoms with Crippen molar-refractivity contribution in [2.45, 2.75) is 32.9 Å². The molecule has 1 aromatic heterocycles. The molecule has 20 heavy (non-hydrogen) atoms. The molecular formula is C14H21N3O3. The van der Waals surface area contributed by atoms with Crippen molar-refractivity contribution in [3.8, 4) is 0 Å². The summed E-state index contributed by atoms with van der Waals surface area (Å²) in [5.41, 5.74) is 1.16. The van der Waals surface area contributed by atoms with Gasteiger partial charge in [0.25, 0.3) is 0 Å². The van der Waals surface area contributed by atoms with Crippen LogP contribution < -0.4 is 5.32 Å². The highest BCUT2D eigenvalue weighted by molar-refractivity contribution is 5.77. The number of hydrogen-bond acceptors (Lipinski definition) is 3. The first-order valence-electron chi connectivity index (χ1n) is 6.98. The number of carbonyl (C=O) groups excluding carboxylic acids is 2. The Labute approximate surface area is 118 Å². The molecule has 1 unspecified atom stereocenters. The molecule has 1 aromatic rings. The van der Waals surface area contributed by atoms with Crippen LogP contribution in [0.15, 0.2) is 18.3 Å². The highest BCUT2D eigenvalue weighted by Crippen LogP contribution is 2.25. The van der Waals surface area contributed by atoms with Gasteiger partial charge in [-0.3, -0.25) is 4.79 Å². The smallest absolute Gasteiger partial charge is 0.407 e. The van der Waals surface area contributed by atoms with Gasteiger partial charge >= 0.3 is 6.09 Å². The van der Waals surface area contributed by atoms with Crippen LogP contribution in [-0.2, 0) is 16.1 Å². The van der Waals surface area contributed by atoms with Crippen LogP contribution in [0.3, 0.4) is 0 Å². The lowest BCUT2D eigenvalue weighted by Gasteiger charge is -2.35. The Morgan fingerprint density at radius 1 is 1.45 bits per heavy atom. The van der Waals surface area contributed by atoms with Crippen molar-refractivity contribution in [3.63, 3.8) is 0 Å². The SMILES string of the molecule is CCOC(=O)NCCC(=O)N1CCn2cccc2C1C. The number of nitrogens with one attached hydrogen (secondary N) is 1. The molecule has 0 fully saturated rings. The number of carbonyl (C=O) groups is 2. The molecule has 0 aliphatic carbocycles. The molecule has 6 nitrogen and oxygen atoms in total. The molecule has 1 aliphatic heterocycles. The van der Waals surface area contributed by atoms with Crippen LogP contribution in [0.4, 0.5) is 4.79 Å². The van der Waals surface area contributed by atoms with Crippen molar-refractivity contribution in [1.29, 1.82) is 0 Å². The number of hydrogen-bond donors (Lipinski definition) is 1. The van der Waals surface area contributed by atoms with E-state index in [-0.39, 0.29) is 11.9 Å². The van der Waals surface area contributed by atoms with E-state index in [4.69, 9.17) is 4.74 Å². The standard InChI is InChI=1S/C14H21N3O3/c1-3-20-14(19)15-7-6-13(18)17-10-9-16-8-4-5-12(16)11(17)2/h4-5,8,11H,3,6-7,9-10H2,1-2H3,(H,15,19). The molecule has 0 saturated carbocycles. The molecular weight excluding hydrogens is 258 g/mol. The fraction of sp³-hybridized carbons (Fsp3) is 0.571. The fourth-order valence-electron chi connectivity index (χ4n) is 2.52. The minimum Gasteiger partial charge on any atom is -0.450 e. The largest absolute Gasteiger partial charge is 0.450 e. The highest BCUT2D eigenvalue weighted by atomic mass is 16.5. The number of alkyl carbamates (subject to hydrolysis) is 1. The first-order valence-corrected chi connectivity index (χ1v) is 6.98. The summed E-state index contributed by atoms with van der Waals surface area (Å²) in [6.07, 6.45) is 1.86. The van der Waals surface area contributed by atoms with Crippen molar-refractivity contribution >= 4 is 12.0 Å². The number of aromatic nitrogens is 1. The number of ether oxygens (including phenoxy) is 1. The maximum Gasteiger partial charge on any atom is 0.407 e. The van der Waals surface area contributed by atoms with E-state index in [0.29, 0.717) is 26.1 Å². The zero-order chi connectivity index (χ0) is 14.5. The van der Waals surface area contributed by atoms with Gasteiger partial charge < -0.3 is 19.5 Å². The van der Waals surface area contributed by atoms with E-state index >= 15 is 0 Å². The summed E-state index contributed by atoms with van der Waals surface area (Å²) in [4.78, 5) is 25.2. The molecule has 1 aliphatic rings. The van der Waals surface area contributed by atoms with E-state index in [2.05, 4.69) is 9.88 Å². The quantitative estimate of drug-likeness (QED) is 0.909. The molecule has 2 amide bonds. The van der Waals surface area contributed by atoms with Crippen LogP contribution in [0.25, 0.3) is 0 Å². The van der Waals surface area contributed by atoms with Gasteiger partial charge in [0.15, 0.2) is 0 Å². The van der Waals surface area contributed by atoms with Crippen LogP contribution in [0.2, 0.25) is 0 Å². The molecule has 1 N–H and O–H groups in total. The third-order valence-corrected chi connectivity index (χ3v) is 3.55. The van der Waals surface area contributed by atoms with Crippen molar-refractivity contribution < 1.29 is 14.3 Å². The summed E-state index contributed by atoms with van der Waals surface area (Å²) in [5, 5.41) is 2.57. The van der Waals surface area contributed by atoms with Crippen molar-refractivity contribution in [2.75, 3.05) is 19.7 Å². The topological polar surface area (TPSA) is 63.6 Å². The van der Waals surface area contributed by atoms with Crippen LogP contribution in [0.1, 0.15) is 32.0 Å². The number of fused-ring (bicyclic) bond motifs is 1. The zero-order valence-corrected chi connectivity index (χ0v) is 12.0. The predicted octanol–water partition coefficient (Wildman–Crippen LogP) is 1.53. The Hall–Kier alpha value is -1.98. The highest BCUT2D eigenvalue weighted by Gasteiger charge is 2.26. The third kappa shape index (κ3) is 3.12. The molecule has 0 radical (unpaired) electrons. The second-order valence-electron chi connectivity index (χ2n) is 4.79. The summed E-state index contributed by atoms with van der Waals surface area (Å²) in [6.45, 7) is 5.95. The molecule has 6 heteroatoms. The maximum atomic E-state index is 12.2. The summed E-state index contributed by atoms with van der Waals surface area (Å²) < 4.78 is 6.92. The van der Waals surface area contributed by atoms with Crippen LogP contribution >= 0.6 is 0 Å². The molecule has 0 bridgehead atoms.